The number of nitrogens with zero attached hydrogens (tertiary/aromatic N) is 3. The maximum Gasteiger partial charge on any atom is 0.257 e. The van der Waals surface area contributed by atoms with E-state index in [1.807, 2.05) is 23.6 Å². The van der Waals surface area contributed by atoms with Gasteiger partial charge in [0.1, 0.15) is 11.8 Å². The molecule has 0 saturated heterocycles. The summed E-state index contributed by atoms with van der Waals surface area (Å²) in [6.07, 6.45) is 7.22. The fraction of sp³-hybridized carbons (Fsp3) is 0.524. The van der Waals surface area contributed by atoms with E-state index in [2.05, 4.69) is 24.9 Å². The van der Waals surface area contributed by atoms with E-state index in [4.69, 9.17) is 9.52 Å². The summed E-state index contributed by atoms with van der Waals surface area (Å²) in [5.74, 6) is 1.65. The van der Waals surface area contributed by atoms with E-state index in [1.165, 1.54) is 25.7 Å². The molecule has 1 unspecified atom stereocenters. The second-order valence-electron chi connectivity index (χ2n) is 7.83. The van der Waals surface area contributed by atoms with E-state index in [1.54, 1.807) is 22.6 Å². The highest BCUT2D eigenvalue weighted by molar-refractivity contribution is 7.12. The predicted molar refractivity (Wildman–Crippen MR) is 108 cm³/mol. The molecule has 144 valence electrons. The first-order chi connectivity index (χ1) is 13.1. The number of hydrazone groups is 1. The summed E-state index contributed by atoms with van der Waals surface area (Å²) in [4.78, 5) is 16.5. The number of rotatable bonds is 5. The third-order valence-corrected chi connectivity index (χ3v) is 6.76. The SMILES string of the molecule is CC1CCC(N(C)CC(=O)N2N=C(c3cccs3)CC2c2ccco2)CC1. The summed E-state index contributed by atoms with van der Waals surface area (Å²) in [7, 11) is 2.07. The Balaban J connectivity index is 1.49. The predicted octanol–water partition coefficient (Wildman–Crippen LogP) is 4.53. The summed E-state index contributed by atoms with van der Waals surface area (Å²) in [5.41, 5.74) is 0.967. The molecular weight excluding hydrogens is 358 g/mol. The molecule has 2 aromatic rings. The van der Waals surface area contributed by atoms with Crippen molar-refractivity contribution in [2.75, 3.05) is 13.6 Å². The van der Waals surface area contributed by atoms with E-state index in [9.17, 15) is 4.79 Å². The van der Waals surface area contributed by atoms with Crippen LogP contribution in [0.4, 0.5) is 0 Å². The Bertz CT molecular complexity index is 776. The lowest BCUT2D eigenvalue weighted by molar-refractivity contribution is -0.135. The largest absolute Gasteiger partial charge is 0.467 e. The van der Waals surface area contributed by atoms with E-state index < -0.39 is 0 Å². The van der Waals surface area contributed by atoms with Gasteiger partial charge in [0.25, 0.3) is 5.91 Å². The van der Waals surface area contributed by atoms with Gasteiger partial charge in [-0.25, -0.2) is 5.01 Å². The Morgan fingerprint density at radius 2 is 2.11 bits per heavy atom. The van der Waals surface area contributed by atoms with Gasteiger partial charge in [-0.3, -0.25) is 9.69 Å². The van der Waals surface area contributed by atoms with Crippen molar-refractivity contribution in [2.24, 2.45) is 11.0 Å². The van der Waals surface area contributed by atoms with Crippen LogP contribution in [0.5, 0.6) is 0 Å². The first-order valence-corrected chi connectivity index (χ1v) is 10.7. The van der Waals surface area contributed by atoms with Gasteiger partial charge >= 0.3 is 0 Å². The molecular formula is C21H27N3O2S. The zero-order valence-electron chi connectivity index (χ0n) is 16.0. The molecule has 27 heavy (non-hydrogen) atoms. The fourth-order valence-electron chi connectivity index (χ4n) is 4.13. The van der Waals surface area contributed by atoms with Gasteiger partial charge in [-0.2, -0.15) is 5.10 Å². The summed E-state index contributed by atoms with van der Waals surface area (Å²) >= 11 is 1.66. The second-order valence-corrected chi connectivity index (χ2v) is 8.77. The molecule has 6 heteroatoms. The van der Waals surface area contributed by atoms with Crippen molar-refractivity contribution in [2.45, 2.75) is 51.1 Å². The van der Waals surface area contributed by atoms with Gasteiger partial charge in [-0.1, -0.05) is 13.0 Å². The molecule has 0 aromatic carbocycles. The smallest absolute Gasteiger partial charge is 0.257 e. The van der Waals surface area contributed by atoms with Gasteiger partial charge in [0.05, 0.1) is 23.4 Å². The van der Waals surface area contributed by atoms with Gasteiger partial charge < -0.3 is 4.42 Å². The van der Waals surface area contributed by atoms with Crippen LogP contribution in [-0.2, 0) is 4.79 Å². The van der Waals surface area contributed by atoms with E-state index in [0.29, 0.717) is 19.0 Å². The molecule has 0 radical (unpaired) electrons. The summed E-state index contributed by atoms with van der Waals surface area (Å²) in [6, 6.07) is 8.24. The minimum atomic E-state index is -0.149. The van der Waals surface area contributed by atoms with Crippen molar-refractivity contribution in [1.29, 1.82) is 0 Å². The number of likely N-dealkylation sites (N-methyl/N-ethyl adjacent to an activating group) is 1. The van der Waals surface area contributed by atoms with Gasteiger partial charge in [0, 0.05) is 12.5 Å². The third-order valence-electron chi connectivity index (χ3n) is 5.84. The molecule has 1 saturated carbocycles. The Labute approximate surface area is 164 Å². The van der Waals surface area contributed by atoms with Crippen LogP contribution < -0.4 is 0 Å². The summed E-state index contributed by atoms with van der Waals surface area (Å²) in [6.45, 7) is 2.72. The Hall–Kier alpha value is -1.92. The Morgan fingerprint density at radius 3 is 2.78 bits per heavy atom. The number of amides is 1. The van der Waals surface area contributed by atoms with Crippen LogP contribution in [0.2, 0.25) is 0 Å². The molecule has 0 N–H and O–H groups in total. The van der Waals surface area contributed by atoms with Crippen LogP contribution in [0.1, 0.15) is 55.7 Å². The minimum Gasteiger partial charge on any atom is -0.467 e. The third kappa shape index (κ3) is 4.01. The molecule has 0 bridgehead atoms. The normalized spacial score (nSPS) is 25.8. The lowest BCUT2D eigenvalue weighted by Crippen LogP contribution is -2.42. The summed E-state index contributed by atoms with van der Waals surface area (Å²) in [5, 5.41) is 8.39. The molecule has 0 spiro atoms. The van der Waals surface area contributed by atoms with E-state index in [0.717, 1.165) is 22.3 Å². The lowest BCUT2D eigenvalue weighted by atomic mass is 9.87. The maximum absolute atomic E-state index is 13.1. The van der Waals surface area contributed by atoms with Crippen LogP contribution in [0.25, 0.3) is 0 Å². The monoisotopic (exact) mass is 385 g/mol. The molecule has 2 aliphatic rings. The van der Waals surface area contributed by atoms with Crippen LogP contribution in [0.3, 0.4) is 0 Å². The van der Waals surface area contributed by atoms with Crippen LogP contribution >= 0.6 is 11.3 Å². The average molecular weight is 386 g/mol. The number of carbonyl (C=O) groups excluding carboxylic acids is 1. The molecule has 5 nitrogen and oxygen atoms in total. The molecule has 2 aromatic heterocycles. The van der Waals surface area contributed by atoms with Crippen molar-refractivity contribution >= 4 is 23.0 Å². The number of hydrogen-bond donors (Lipinski definition) is 0. The first-order valence-electron chi connectivity index (χ1n) is 9.79. The number of carbonyl (C=O) groups is 1. The quantitative estimate of drug-likeness (QED) is 0.760. The first kappa shape index (κ1) is 18.4. The highest BCUT2D eigenvalue weighted by Gasteiger charge is 2.36. The van der Waals surface area contributed by atoms with Crippen molar-refractivity contribution in [3.05, 3.63) is 46.5 Å². The highest BCUT2D eigenvalue weighted by Crippen LogP contribution is 2.34. The topological polar surface area (TPSA) is 49.1 Å². The molecule has 1 fully saturated rings. The molecule has 1 aliphatic carbocycles. The van der Waals surface area contributed by atoms with Gasteiger partial charge in [0.15, 0.2) is 0 Å². The second kappa shape index (κ2) is 7.98. The summed E-state index contributed by atoms with van der Waals surface area (Å²) < 4.78 is 5.62. The standard InChI is InChI=1S/C21H27N3O2S/c1-15-7-9-16(10-8-15)23(2)14-21(25)24-18(19-5-3-11-26-19)13-17(22-24)20-6-4-12-27-20/h3-6,11-12,15-16,18H,7-10,13-14H2,1-2H3. The Kier molecular flexibility index (Phi) is 5.45. The number of furan rings is 1. The van der Waals surface area contributed by atoms with Crippen molar-refractivity contribution in [1.82, 2.24) is 9.91 Å². The molecule has 3 heterocycles. The van der Waals surface area contributed by atoms with Crippen LogP contribution in [-0.4, -0.2) is 41.2 Å². The Morgan fingerprint density at radius 1 is 1.30 bits per heavy atom. The lowest BCUT2D eigenvalue weighted by Gasteiger charge is -2.34. The minimum absolute atomic E-state index is 0.0454. The molecule has 4 rings (SSSR count). The van der Waals surface area contributed by atoms with E-state index in [-0.39, 0.29) is 11.9 Å². The molecule has 1 amide bonds. The number of hydrogen-bond acceptors (Lipinski definition) is 5. The van der Waals surface area contributed by atoms with E-state index >= 15 is 0 Å². The van der Waals surface area contributed by atoms with Gasteiger partial charge in [-0.15, -0.1) is 11.3 Å². The van der Waals surface area contributed by atoms with Crippen LogP contribution in [0.15, 0.2) is 45.4 Å². The maximum atomic E-state index is 13.1. The van der Waals surface area contributed by atoms with Crippen molar-refractivity contribution in [3.8, 4) is 0 Å². The number of thiophene rings is 1. The molecule has 1 atom stereocenters. The highest BCUT2D eigenvalue weighted by atomic mass is 32.1. The van der Waals surface area contributed by atoms with Crippen molar-refractivity contribution < 1.29 is 9.21 Å². The van der Waals surface area contributed by atoms with Crippen LogP contribution in [0, 0.1) is 5.92 Å². The van der Waals surface area contributed by atoms with Gasteiger partial charge in [0.2, 0.25) is 0 Å². The fourth-order valence-corrected chi connectivity index (χ4v) is 4.85. The average Bonchev–Trinajstić information content (AvgIpc) is 3.41. The van der Waals surface area contributed by atoms with Gasteiger partial charge in [-0.05, 0) is 62.2 Å². The molecule has 1 aliphatic heterocycles. The zero-order chi connectivity index (χ0) is 18.8. The zero-order valence-corrected chi connectivity index (χ0v) is 16.8. The van der Waals surface area contributed by atoms with Crippen molar-refractivity contribution in [3.63, 3.8) is 0 Å².